The number of nitrogens with zero attached hydrogens (tertiary/aromatic N) is 1. The molecule has 6 nitrogen and oxygen atoms in total. The molecule has 162 valence electrons. The van der Waals surface area contributed by atoms with Crippen LogP contribution in [0.2, 0.25) is 0 Å². The highest BCUT2D eigenvalue weighted by Crippen LogP contribution is 2.29. The normalized spacial score (nSPS) is 13.5. The predicted octanol–water partition coefficient (Wildman–Crippen LogP) is 4.50. The van der Waals surface area contributed by atoms with Gasteiger partial charge in [-0.3, -0.25) is 4.79 Å². The van der Waals surface area contributed by atoms with Crippen molar-refractivity contribution < 1.29 is 17.9 Å². The summed E-state index contributed by atoms with van der Waals surface area (Å²) in [5.74, 6) is -0.0626. The van der Waals surface area contributed by atoms with E-state index in [1.165, 1.54) is 54.5 Å². The Bertz CT molecular complexity index is 1180. The number of thiazole rings is 1. The number of rotatable bonds is 7. The lowest BCUT2D eigenvalue weighted by atomic mass is 9.90. The van der Waals surface area contributed by atoms with Gasteiger partial charge in [-0.2, -0.15) is 0 Å². The number of ether oxygens (including phenoxy) is 1. The number of anilines is 1. The van der Waals surface area contributed by atoms with Gasteiger partial charge in [0.1, 0.15) is 5.75 Å². The summed E-state index contributed by atoms with van der Waals surface area (Å²) in [4.78, 5) is 17.0. The third-order valence-corrected chi connectivity index (χ3v) is 7.90. The molecule has 0 aliphatic heterocycles. The first-order chi connectivity index (χ1) is 14.9. The van der Waals surface area contributed by atoms with Gasteiger partial charge in [-0.1, -0.05) is 12.1 Å². The summed E-state index contributed by atoms with van der Waals surface area (Å²) in [5, 5.41) is 5.10. The molecule has 8 heteroatoms. The molecule has 4 rings (SSSR count). The number of nitrogens with one attached hydrogen (secondary N) is 1. The Kier molecular flexibility index (Phi) is 6.38. The van der Waals surface area contributed by atoms with Gasteiger partial charge < -0.3 is 10.1 Å². The molecule has 0 radical (unpaired) electrons. The number of hydrogen-bond donors (Lipinski definition) is 1. The smallest absolute Gasteiger partial charge is 0.227 e. The SMILES string of the molecule is COc1ccc(S(=O)(=O)CCC(=O)Nc2nc(-c3ccc4c(c3)CCCC4)cs2)cc1. The summed E-state index contributed by atoms with van der Waals surface area (Å²) in [6, 6.07) is 12.6. The second-order valence-corrected chi connectivity index (χ2v) is 10.5. The minimum absolute atomic E-state index is 0.137. The average Bonchev–Trinajstić information content (AvgIpc) is 3.26. The number of sulfone groups is 1. The van der Waals surface area contributed by atoms with Crippen LogP contribution in [0.5, 0.6) is 5.75 Å². The van der Waals surface area contributed by atoms with E-state index in [2.05, 4.69) is 28.5 Å². The number of carbonyl (C=O) groups is 1. The number of fused-ring (bicyclic) bond motifs is 1. The average molecular weight is 457 g/mol. The van der Waals surface area contributed by atoms with E-state index in [4.69, 9.17) is 4.74 Å². The fraction of sp³-hybridized carbons (Fsp3) is 0.304. The molecule has 1 heterocycles. The van der Waals surface area contributed by atoms with Gasteiger partial charge >= 0.3 is 0 Å². The van der Waals surface area contributed by atoms with Crippen LogP contribution in [0.4, 0.5) is 5.13 Å². The van der Waals surface area contributed by atoms with Gasteiger partial charge in [0.25, 0.3) is 0 Å². The molecule has 3 aromatic rings. The van der Waals surface area contributed by atoms with Crippen molar-refractivity contribution in [2.75, 3.05) is 18.2 Å². The second kappa shape index (κ2) is 9.20. The van der Waals surface area contributed by atoms with E-state index in [1.807, 2.05) is 5.38 Å². The highest BCUT2D eigenvalue weighted by atomic mass is 32.2. The number of hydrogen-bond acceptors (Lipinski definition) is 6. The molecule has 1 aliphatic rings. The zero-order chi connectivity index (χ0) is 21.8. The van der Waals surface area contributed by atoms with Crippen molar-refractivity contribution in [2.45, 2.75) is 37.0 Å². The lowest BCUT2D eigenvalue weighted by Gasteiger charge is -2.16. The topological polar surface area (TPSA) is 85.4 Å². The molecule has 0 bridgehead atoms. The molecule has 0 atom stereocenters. The summed E-state index contributed by atoms with van der Waals surface area (Å²) >= 11 is 1.34. The monoisotopic (exact) mass is 456 g/mol. The minimum atomic E-state index is -3.55. The van der Waals surface area contributed by atoms with Crippen molar-refractivity contribution in [3.05, 3.63) is 59.0 Å². The quantitative estimate of drug-likeness (QED) is 0.566. The molecule has 31 heavy (non-hydrogen) atoms. The fourth-order valence-corrected chi connectivity index (χ4v) is 5.64. The largest absolute Gasteiger partial charge is 0.497 e. The van der Waals surface area contributed by atoms with Crippen LogP contribution in [-0.4, -0.2) is 32.2 Å². The van der Waals surface area contributed by atoms with Gasteiger partial charge in [0.2, 0.25) is 5.91 Å². The standard InChI is InChI=1S/C23H24N2O4S2/c1-29-19-8-10-20(11-9-19)31(27,28)13-12-22(26)25-23-24-21(15-30-23)18-7-6-16-4-2-3-5-17(16)14-18/h6-11,14-15H,2-5,12-13H2,1H3,(H,24,25,26). The van der Waals surface area contributed by atoms with Crippen molar-refractivity contribution >= 4 is 32.2 Å². The first kappa shape index (κ1) is 21.5. The number of aryl methyl sites for hydroxylation is 2. The molecule has 0 unspecified atom stereocenters. The van der Waals surface area contributed by atoms with E-state index in [0.717, 1.165) is 24.1 Å². The minimum Gasteiger partial charge on any atom is -0.497 e. The summed E-state index contributed by atoms with van der Waals surface area (Å²) in [5.41, 5.74) is 4.65. The van der Waals surface area contributed by atoms with Crippen LogP contribution in [0.15, 0.2) is 52.7 Å². The van der Waals surface area contributed by atoms with Gasteiger partial charge in [0, 0.05) is 17.4 Å². The molecule has 0 spiro atoms. The number of aromatic nitrogens is 1. The van der Waals surface area contributed by atoms with Crippen molar-refractivity contribution in [1.29, 1.82) is 0 Å². The number of benzene rings is 2. The van der Waals surface area contributed by atoms with E-state index in [-0.39, 0.29) is 23.0 Å². The molecule has 1 amide bonds. The van der Waals surface area contributed by atoms with Crippen LogP contribution in [0.3, 0.4) is 0 Å². The first-order valence-electron chi connectivity index (χ1n) is 10.2. The van der Waals surface area contributed by atoms with E-state index >= 15 is 0 Å². The van der Waals surface area contributed by atoms with Crippen molar-refractivity contribution in [2.24, 2.45) is 0 Å². The Morgan fingerprint density at radius 1 is 1.10 bits per heavy atom. The van der Waals surface area contributed by atoms with Crippen LogP contribution >= 0.6 is 11.3 Å². The predicted molar refractivity (Wildman–Crippen MR) is 122 cm³/mol. The Hall–Kier alpha value is -2.71. The van der Waals surface area contributed by atoms with Crippen molar-refractivity contribution in [3.63, 3.8) is 0 Å². The Balaban J connectivity index is 1.36. The Labute approximate surface area is 186 Å². The van der Waals surface area contributed by atoms with E-state index in [9.17, 15) is 13.2 Å². The summed E-state index contributed by atoms with van der Waals surface area (Å²) in [7, 11) is -2.04. The maximum Gasteiger partial charge on any atom is 0.227 e. The number of amides is 1. The van der Waals surface area contributed by atoms with Crippen LogP contribution in [0.25, 0.3) is 11.3 Å². The number of methoxy groups -OCH3 is 1. The van der Waals surface area contributed by atoms with Crippen molar-refractivity contribution in [1.82, 2.24) is 4.98 Å². The van der Waals surface area contributed by atoms with Crippen LogP contribution < -0.4 is 10.1 Å². The van der Waals surface area contributed by atoms with Gasteiger partial charge in [0.05, 0.1) is 23.5 Å². The highest BCUT2D eigenvalue weighted by Gasteiger charge is 2.18. The summed E-state index contributed by atoms with van der Waals surface area (Å²) < 4.78 is 30.0. The van der Waals surface area contributed by atoms with Crippen molar-refractivity contribution in [3.8, 4) is 17.0 Å². The second-order valence-electron chi connectivity index (χ2n) is 7.52. The van der Waals surface area contributed by atoms with Gasteiger partial charge in [-0.15, -0.1) is 11.3 Å². The zero-order valence-corrected chi connectivity index (χ0v) is 18.9. The molecule has 0 saturated carbocycles. The molecule has 2 aromatic carbocycles. The third-order valence-electron chi connectivity index (χ3n) is 5.41. The van der Waals surface area contributed by atoms with Crippen LogP contribution in [0, 0.1) is 0 Å². The Morgan fingerprint density at radius 3 is 2.58 bits per heavy atom. The van der Waals surface area contributed by atoms with Gasteiger partial charge in [0.15, 0.2) is 15.0 Å². The molecule has 1 N–H and O–H groups in total. The summed E-state index contributed by atoms with van der Waals surface area (Å²) in [6.45, 7) is 0. The van der Waals surface area contributed by atoms with Crippen LogP contribution in [-0.2, 0) is 27.5 Å². The number of carbonyl (C=O) groups excluding carboxylic acids is 1. The third kappa shape index (κ3) is 5.14. The van der Waals surface area contributed by atoms with E-state index in [0.29, 0.717) is 10.9 Å². The molecule has 1 aromatic heterocycles. The van der Waals surface area contributed by atoms with Gasteiger partial charge in [-0.05, 0) is 67.1 Å². The zero-order valence-electron chi connectivity index (χ0n) is 17.3. The maximum absolute atomic E-state index is 12.5. The van der Waals surface area contributed by atoms with E-state index in [1.54, 1.807) is 12.1 Å². The molecule has 0 saturated heterocycles. The lowest BCUT2D eigenvalue weighted by molar-refractivity contribution is -0.115. The van der Waals surface area contributed by atoms with E-state index < -0.39 is 9.84 Å². The Morgan fingerprint density at radius 2 is 1.84 bits per heavy atom. The molecular formula is C23H24N2O4S2. The first-order valence-corrected chi connectivity index (χ1v) is 12.7. The molecular weight excluding hydrogens is 432 g/mol. The maximum atomic E-state index is 12.5. The van der Waals surface area contributed by atoms with Crippen LogP contribution in [0.1, 0.15) is 30.4 Å². The fourth-order valence-electron chi connectivity index (χ4n) is 3.67. The highest BCUT2D eigenvalue weighted by molar-refractivity contribution is 7.91. The molecule has 1 aliphatic carbocycles. The lowest BCUT2D eigenvalue weighted by Crippen LogP contribution is -2.17. The van der Waals surface area contributed by atoms with Gasteiger partial charge in [-0.25, -0.2) is 13.4 Å². The summed E-state index contributed by atoms with van der Waals surface area (Å²) in [6.07, 6.45) is 4.55. The molecule has 0 fully saturated rings.